The number of likely N-dealkylation sites (tertiary alicyclic amines) is 1. The van der Waals surface area contributed by atoms with Gasteiger partial charge in [-0.15, -0.1) is 20.4 Å². The fraction of sp³-hybridized carbons (Fsp3) is 0.765. The van der Waals surface area contributed by atoms with Crippen molar-refractivity contribution in [2.24, 2.45) is 0 Å². The van der Waals surface area contributed by atoms with Gasteiger partial charge in [0.2, 0.25) is 23.6 Å². The van der Waals surface area contributed by atoms with Crippen molar-refractivity contribution in [3.8, 4) is 0 Å². The Bertz CT molecular complexity index is 676. The van der Waals surface area contributed by atoms with Crippen molar-refractivity contribution in [1.82, 2.24) is 25.3 Å². The van der Waals surface area contributed by atoms with Crippen LogP contribution in [-0.2, 0) is 6.54 Å². The maximum absolute atomic E-state index is 6.01. The minimum atomic E-state index is 0.162. The molecule has 3 heterocycles. The van der Waals surface area contributed by atoms with E-state index in [1.165, 1.54) is 32.1 Å². The zero-order chi connectivity index (χ0) is 16.5. The third kappa shape index (κ3) is 3.09. The maximum atomic E-state index is 6.01. The van der Waals surface area contributed by atoms with Crippen LogP contribution in [0.2, 0.25) is 0 Å². The number of nitrogens with zero attached hydrogens (tertiary/aromatic N) is 5. The second kappa shape index (κ2) is 6.63. The molecule has 7 nitrogen and oxygen atoms in total. The summed E-state index contributed by atoms with van der Waals surface area (Å²) in [4.78, 5) is 2.33. The van der Waals surface area contributed by atoms with Gasteiger partial charge in [-0.3, -0.25) is 4.90 Å². The largest absolute Gasteiger partial charge is 0.424 e. The van der Waals surface area contributed by atoms with Crippen LogP contribution in [0.5, 0.6) is 0 Å². The van der Waals surface area contributed by atoms with Crippen molar-refractivity contribution < 1.29 is 8.83 Å². The monoisotopic (exact) mass is 331 g/mol. The van der Waals surface area contributed by atoms with Gasteiger partial charge in [0.1, 0.15) is 0 Å². The Morgan fingerprint density at radius 3 is 2.50 bits per heavy atom. The highest BCUT2D eigenvalue weighted by Crippen LogP contribution is 2.37. The lowest BCUT2D eigenvalue weighted by atomic mass is 9.85. The topological polar surface area (TPSA) is 81.1 Å². The molecule has 7 heteroatoms. The van der Waals surface area contributed by atoms with Gasteiger partial charge in [0.25, 0.3) is 0 Å². The molecule has 0 radical (unpaired) electrons. The van der Waals surface area contributed by atoms with Crippen molar-refractivity contribution in [3.63, 3.8) is 0 Å². The Kier molecular flexibility index (Phi) is 4.35. The average molecular weight is 331 g/mol. The molecule has 1 atom stereocenters. The van der Waals surface area contributed by atoms with Crippen LogP contribution in [0, 0.1) is 0 Å². The summed E-state index contributed by atoms with van der Waals surface area (Å²) in [7, 11) is 0. The fourth-order valence-corrected chi connectivity index (χ4v) is 3.40. The predicted molar refractivity (Wildman–Crippen MR) is 86.3 cm³/mol. The summed E-state index contributed by atoms with van der Waals surface area (Å²) in [5.41, 5.74) is 0. The number of hydrogen-bond donors (Lipinski definition) is 0. The molecule has 0 bridgehead atoms. The summed E-state index contributed by atoms with van der Waals surface area (Å²) >= 11 is 0. The highest BCUT2D eigenvalue weighted by Gasteiger charge is 2.32. The molecule has 4 rings (SSSR count). The van der Waals surface area contributed by atoms with Gasteiger partial charge < -0.3 is 8.83 Å². The van der Waals surface area contributed by atoms with Gasteiger partial charge in [-0.05, 0) is 32.2 Å². The molecule has 24 heavy (non-hydrogen) atoms. The summed E-state index contributed by atoms with van der Waals surface area (Å²) in [6.07, 6.45) is 7.02. The van der Waals surface area contributed by atoms with E-state index >= 15 is 0 Å². The van der Waals surface area contributed by atoms with Gasteiger partial charge in [0.15, 0.2) is 0 Å². The van der Waals surface area contributed by atoms with E-state index in [0.717, 1.165) is 24.7 Å². The lowest BCUT2D eigenvalue weighted by Gasteiger charge is -2.32. The number of piperidine rings is 1. The van der Waals surface area contributed by atoms with Crippen molar-refractivity contribution >= 4 is 0 Å². The third-order valence-electron chi connectivity index (χ3n) is 5.12. The SMILES string of the molecule is CC(C)c1nnc(CN2CCCCC2c2nnc(C3CCC3)o2)o1. The zero-order valence-electron chi connectivity index (χ0n) is 14.4. The molecule has 1 saturated heterocycles. The third-order valence-corrected chi connectivity index (χ3v) is 5.12. The van der Waals surface area contributed by atoms with Gasteiger partial charge in [0, 0.05) is 11.8 Å². The van der Waals surface area contributed by atoms with E-state index in [9.17, 15) is 0 Å². The first-order valence-electron chi connectivity index (χ1n) is 9.10. The standard InChI is InChI=1S/C17H25N5O2/c1-11(2)15-19-18-14(23-15)10-22-9-4-3-8-13(22)17-21-20-16(24-17)12-6-5-7-12/h11-13H,3-10H2,1-2H3. The second-order valence-electron chi connectivity index (χ2n) is 7.28. The van der Waals surface area contributed by atoms with E-state index in [1.54, 1.807) is 0 Å². The molecular formula is C17H25N5O2. The van der Waals surface area contributed by atoms with Crippen molar-refractivity contribution in [1.29, 1.82) is 0 Å². The van der Waals surface area contributed by atoms with E-state index in [4.69, 9.17) is 8.83 Å². The van der Waals surface area contributed by atoms with E-state index in [2.05, 4.69) is 39.1 Å². The lowest BCUT2D eigenvalue weighted by Crippen LogP contribution is -2.33. The first kappa shape index (κ1) is 15.7. The Hall–Kier alpha value is -1.76. The van der Waals surface area contributed by atoms with Crippen LogP contribution in [0.25, 0.3) is 0 Å². The first-order valence-corrected chi connectivity index (χ1v) is 9.10. The zero-order valence-corrected chi connectivity index (χ0v) is 14.4. The molecule has 1 aliphatic heterocycles. The van der Waals surface area contributed by atoms with E-state index in [0.29, 0.717) is 24.2 Å². The van der Waals surface area contributed by atoms with Crippen LogP contribution in [0.15, 0.2) is 8.83 Å². The van der Waals surface area contributed by atoms with E-state index in [1.807, 2.05) is 0 Å². The molecular weight excluding hydrogens is 306 g/mol. The highest BCUT2D eigenvalue weighted by molar-refractivity contribution is 5.00. The molecule has 2 aliphatic rings. The van der Waals surface area contributed by atoms with Crippen molar-refractivity contribution in [2.45, 2.75) is 76.8 Å². The smallest absolute Gasteiger partial charge is 0.233 e. The van der Waals surface area contributed by atoms with E-state index < -0.39 is 0 Å². The quantitative estimate of drug-likeness (QED) is 0.828. The van der Waals surface area contributed by atoms with Crippen LogP contribution in [0.4, 0.5) is 0 Å². The molecule has 2 aromatic rings. The normalized spacial score (nSPS) is 22.9. The first-order chi connectivity index (χ1) is 11.7. The summed E-state index contributed by atoms with van der Waals surface area (Å²) in [6, 6.07) is 0.162. The summed E-state index contributed by atoms with van der Waals surface area (Å²) in [5.74, 6) is 3.67. The molecule has 0 aromatic carbocycles. The molecule has 2 aromatic heterocycles. The molecule has 1 saturated carbocycles. The predicted octanol–water partition coefficient (Wildman–Crippen LogP) is 3.57. The van der Waals surface area contributed by atoms with Gasteiger partial charge in [-0.25, -0.2) is 0 Å². The Morgan fingerprint density at radius 1 is 0.958 bits per heavy atom. The van der Waals surface area contributed by atoms with Gasteiger partial charge in [-0.1, -0.05) is 26.7 Å². The Labute approximate surface area is 141 Å². The van der Waals surface area contributed by atoms with Crippen LogP contribution in [-0.4, -0.2) is 31.8 Å². The van der Waals surface area contributed by atoms with Crippen LogP contribution < -0.4 is 0 Å². The van der Waals surface area contributed by atoms with Gasteiger partial charge >= 0.3 is 0 Å². The lowest BCUT2D eigenvalue weighted by molar-refractivity contribution is 0.104. The minimum Gasteiger partial charge on any atom is -0.424 e. The van der Waals surface area contributed by atoms with Crippen molar-refractivity contribution in [3.05, 3.63) is 23.6 Å². The summed E-state index contributed by atoms with van der Waals surface area (Å²) in [5, 5.41) is 17.0. The van der Waals surface area contributed by atoms with E-state index in [-0.39, 0.29) is 12.0 Å². The molecule has 0 amide bonds. The van der Waals surface area contributed by atoms with Crippen molar-refractivity contribution in [2.75, 3.05) is 6.54 Å². The van der Waals surface area contributed by atoms with Crippen LogP contribution in [0.3, 0.4) is 0 Å². The Balaban J connectivity index is 1.48. The Morgan fingerprint density at radius 2 is 1.79 bits per heavy atom. The molecule has 0 N–H and O–H groups in total. The summed E-state index contributed by atoms with van der Waals surface area (Å²) in [6.45, 7) is 5.75. The van der Waals surface area contributed by atoms with Crippen LogP contribution >= 0.6 is 0 Å². The van der Waals surface area contributed by atoms with Gasteiger partial charge in [-0.2, -0.15) is 0 Å². The maximum Gasteiger partial charge on any atom is 0.233 e. The molecule has 2 fully saturated rings. The minimum absolute atomic E-state index is 0.162. The molecule has 1 unspecified atom stereocenters. The number of rotatable bonds is 5. The van der Waals surface area contributed by atoms with Gasteiger partial charge in [0.05, 0.1) is 12.6 Å². The molecule has 1 aliphatic carbocycles. The average Bonchev–Trinajstić information content (AvgIpc) is 3.16. The number of aromatic nitrogens is 4. The second-order valence-corrected chi connectivity index (χ2v) is 7.28. The summed E-state index contributed by atoms with van der Waals surface area (Å²) < 4.78 is 11.8. The fourth-order valence-electron chi connectivity index (χ4n) is 3.40. The van der Waals surface area contributed by atoms with Crippen LogP contribution in [0.1, 0.15) is 93.8 Å². The molecule has 0 spiro atoms. The molecule has 130 valence electrons. The number of hydrogen-bond acceptors (Lipinski definition) is 7. The highest BCUT2D eigenvalue weighted by atomic mass is 16.4.